The minimum atomic E-state index is -0.483. The molecule has 0 spiro atoms. The van der Waals surface area contributed by atoms with Crippen molar-refractivity contribution in [2.45, 2.75) is 0 Å². The lowest BCUT2D eigenvalue weighted by Crippen LogP contribution is -2.17. The number of rotatable bonds is 5. The molecule has 0 unspecified atom stereocenters. The van der Waals surface area contributed by atoms with Gasteiger partial charge >= 0.3 is 0 Å². The third-order valence-electron chi connectivity index (χ3n) is 3.45. The van der Waals surface area contributed by atoms with Gasteiger partial charge in [0, 0.05) is 23.3 Å². The number of non-ortho nitro benzene ring substituents is 1. The molecule has 0 aliphatic heterocycles. The number of furan rings is 1. The molecule has 1 aromatic heterocycles. The number of halogens is 1. The smallest absolute Gasteiger partial charge is 0.271 e. The van der Waals surface area contributed by atoms with Gasteiger partial charge in [0.1, 0.15) is 17.3 Å². The molecule has 26 heavy (non-hydrogen) atoms. The van der Waals surface area contributed by atoms with E-state index < -0.39 is 16.6 Å². The molecule has 1 heterocycles. The van der Waals surface area contributed by atoms with Crippen LogP contribution in [0.25, 0.3) is 11.3 Å². The summed E-state index contributed by atoms with van der Waals surface area (Å²) in [6, 6.07) is 14.3. The van der Waals surface area contributed by atoms with Gasteiger partial charge in [0.15, 0.2) is 0 Å². The number of benzene rings is 2. The summed E-state index contributed by atoms with van der Waals surface area (Å²) in [6.07, 6.45) is 1.32. The molecule has 0 saturated heterocycles. The van der Waals surface area contributed by atoms with Crippen LogP contribution in [0.3, 0.4) is 0 Å². The lowest BCUT2D eigenvalue weighted by atomic mass is 10.1. The average molecular weight is 353 g/mol. The lowest BCUT2D eigenvalue weighted by molar-refractivity contribution is -0.384. The maximum atomic E-state index is 12.8. The van der Waals surface area contributed by atoms with E-state index >= 15 is 0 Å². The minimum absolute atomic E-state index is 0.00871. The number of nitro groups is 1. The first-order valence-electron chi connectivity index (χ1n) is 7.46. The van der Waals surface area contributed by atoms with Crippen LogP contribution in [0, 0.1) is 15.9 Å². The zero-order valence-corrected chi connectivity index (χ0v) is 13.3. The zero-order valence-electron chi connectivity index (χ0n) is 13.3. The van der Waals surface area contributed by atoms with Crippen molar-refractivity contribution in [1.29, 1.82) is 0 Å². The lowest BCUT2D eigenvalue weighted by Gasteiger charge is -1.99. The largest absolute Gasteiger partial charge is 0.455 e. The summed E-state index contributed by atoms with van der Waals surface area (Å²) in [6.45, 7) is 0. The van der Waals surface area contributed by atoms with Crippen LogP contribution in [0.15, 0.2) is 70.2 Å². The molecule has 0 bridgehead atoms. The Kier molecular flexibility index (Phi) is 4.84. The molecule has 0 aliphatic carbocycles. The number of nitrogens with zero attached hydrogens (tertiary/aromatic N) is 2. The van der Waals surface area contributed by atoms with Gasteiger partial charge in [-0.1, -0.05) is 0 Å². The molecule has 0 atom stereocenters. The first-order chi connectivity index (χ1) is 12.5. The van der Waals surface area contributed by atoms with Gasteiger partial charge in [0.25, 0.3) is 11.6 Å². The van der Waals surface area contributed by atoms with E-state index in [1.165, 1.54) is 42.6 Å². The van der Waals surface area contributed by atoms with E-state index in [0.717, 1.165) is 0 Å². The van der Waals surface area contributed by atoms with Crippen molar-refractivity contribution >= 4 is 17.8 Å². The Bertz CT molecular complexity index is 963. The Morgan fingerprint density at radius 1 is 1.08 bits per heavy atom. The summed E-state index contributed by atoms with van der Waals surface area (Å²) in [7, 11) is 0. The highest BCUT2D eigenvalue weighted by Gasteiger charge is 2.08. The normalized spacial score (nSPS) is 10.8. The third kappa shape index (κ3) is 3.99. The molecule has 7 nitrogen and oxygen atoms in total. The molecule has 3 rings (SSSR count). The van der Waals surface area contributed by atoms with Gasteiger partial charge in [-0.3, -0.25) is 14.9 Å². The second-order valence-electron chi connectivity index (χ2n) is 5.21. The SMILES string of the molecule is O=C(N/N=C\c1ccc(-c2ccc([N+](=O)[O-])cc2)o1)c1ccc(F)cc1. The molecule has 0 radical (unpaired) electrons. The summed E-state index contributed by atoms with van der Waals surface area (Å²) in [5.74, 6) is -0.0215. The van der Waals surface area contributed by atoms with E-state index in [2.05, 4.69) is 10.5 Å². The van der Waals surface area contributed by atoms with E-state index in [4.69, 9.17) is 4.42 Å². The molecule has 0 aliphatic rings. The van der Waals surface area contributed by atoms with Crippen LogP contribution in [-0.4, -0.2) is 17.0 Å². The predicted molar refractivity (Wildman–Crippen MR) is 92.3 cm³/mol. The van der Waals surface area contributed by atoms with Crippen molar-refractivity contribution in [3.8, 4) is 11.3 Å². The standard InChI is InChI=1S/C18H12FN3O4/c19-14-5-1-13(2-6-14)18(23)21-20-11-16-9-10-17(26-16)12-3-7-15(8-4-12)22(24)25/h1-11H,(H,21,23)/b20-11-. The van der Waals surface area contributed by atoms with Crippen LogP contribution >= 0.6 is 0 Å². The molecule has 0 saturated carbocycles. The Balaban J connectivity index is 1.64. The summed E-state index contributed by atoms with van der Waals surface area (Å²) in [5, 5.41) is 14.4. The van der Waals surface area contributed by atoms with Crippen LogP contribution in [-0.2, 0) is 0 Å². The van der Waals surface area contributed by atoms with Crippen molar-refractivity contribution in [3.05, 3.63) is 87.9 Å². The number of hydrazone groups is 1. The highest BCUT2D eigenvalue weighted by Crippen LogP contribution is 2.23. The first-order valence-corrected chi connectivity index (χ1v) is 7.46. The van der Waals surface area contributed by atoms with Crippen molar-refractivity contribution in [2.24, 2.45) is 5.10 Å². The van der Waals surface area contributed by atoms with Gasteiger partial charge in [0.2, 0.25) is 0 Å². The molecule has 1 amide bonds. The van der Waals surface area contributed by atoms with Gasteiger partial charge < -0.3 is 4.42 Å². The number of carbonyl (C=O) groups excluding carboxylic acids is 1. The Morgan fingerprint density at radius 2 is 1.77 bits per heavy atom. The minimum Gasteiger partial charge on any atom is -0.455 e. The predicted octanol–water partition coefficient (Wildman–Crippen LogP) is 3.76. The van der Waals surface area contributed by atoms with Gasteiger partial charge in [-0.25, -0.2) is 9.82 Å². The maximum Gasteiger partial charge on any atom is 0.271 e. The molecule has 3 aromatic rings. The van der Waals surface area contributed by atoms with Crippen molar-refractivity contribution in [3.63, 3.8) is 0 Å². The van der Waals surface area contributed by atoms with Crippen molar-refractivity contribution < 1.29 is 18.5 Å². The van der Waals surface area contributed by atoms with E-state index in [-0.39, 0.29) is 11.3 Å². The van der Waals surface area contributed by atoms with Gasteiger partial charge in [-0.05, 0) is 48.5 Å². The highest BCUT2D eigenvalue weighted by molar-refractivity contribution is 5.94. The van der Waals surface area contributed by atoms with E-state index in [0.29, 0.717) is 17.1 Å². The van der Waals surface area contributed by atoms with Crippen LogP contribution in [0.1, 0.15) is 16.1 Å². The van der Waals surface area contributed by atoms with E-state index in [9.17, 15) is 19.3 Å². The van der Waals surface area contributed by atoms with Crippen molar-refractivity contribution in [1.82, 2.24) is 5.43 Å². The fourth-order valence-corrected chi connectivity index (χ4v) is 2.15. The Morgan fingerprint density at radius 3 is 2.42 bits per heavy atom. The second kappa shape index (κ2) is 7.39. The van der Waals surface area contributed by atoms with Crippen LogP contribution in [0.4, 0.5) is 10.1 Å². The van der Waals surface area contributed by atoms with Crippen molar-refractivity contribution in [2.75, 3.05) is 0 Å². The summed E-state index contributed by atoms with van der Waals surface area (Å²) in [4.78, 5) is 22.0. The fourth-order valence-electron chi connectivity index (χ4n) is 2.15. The van der Waals surface area contributed by atoms with Crippen LogP contribution in [0.5, 0.6) is 0 Å². The quantitative estimate of drug-likeness (QED) is 0.429. The highest BCUT2D eigenvalue weighted by atomic mass is 19.1. The van der Waals surface area contributed by atoms with E-state index in [1.54, 1.807) is 24.3 Å². The number of nitro benzene ring substituents is 1. The Labute approximate surface area is 146 Å². The molecule has 1 N–H and O–H groups in total. The van der Waals surface area contributed by atoms with Crippen LogP contribution < -0.4 is 5.43 Å². The maximum absolute atomic E-state index is 12.8. The summed E-state index contributed by atoms with van der Waals surface area (Å²) < 4.78 is 18.4. The zero-order chi connectivity index (χ0) is 18.5. The summed E-state index contributed by atoms with van der Waals surface area (Å²) >= 11 is 0. The molecule has 0 fully saturated rings. The molecule has 130 valence electrons. The summed E-state index contributed by atoms with van der Waals surface area (Å²) in [5.41, 5.74) is 3.24. The number of nitrogens with one attached hydrogen (secondary N) is 1. The van der Waals surface area contributed by atoms with Gasteiger partial charge in [0.05, 0.1) is 11.1 Å². The number of hydrogen-bond donors (Lipinski definition) is 1. The number of carbonyl (C=O) groups is 1. The fraction of sp³-hybridized carbons (Fsp3) is 0. The van der Waals surface area contributed by atoms with Gasteiger partial charge in [-0.15, -0.1) is 0 Å². The molecule has 2 aromatic carbocycles. The average Bonchev–Trinajstić information content (AvgIpc) is 3.11. The third-order valence-corrected chi connectivity index (χ3v) is 3.45. The monoisotopic (exact) mass is 353 g/mol. The van der Waals surface area contributed by atoms with E-state index in [1.807, 2.05) is 0 Å². The Hall–Kier alpha value is -3.81. The second-order valence-corrected chi connectivity index (χ2v) is 5.21. The number of hydrogen-bond acceptors (Lipinski definition) is 5. The van der Waals surface area contributed by atoms with Crippen LogP contribution in [0.2, 0.25) is 0 Å². The first kappa shape index (κ1) is 17.0. The number of amides is 1. The molecular weight excluding hydrogens is 341 g/mol. The van der Waals surface area contributed by atoms with Gasteiger partial charge in [-0.2, -0.15) is 5.10 Å². The molecule has 8 heteroatoms. The molecular formula is C18H12FN3O4. The topological polar surface area (TPSA) is 97.7 Å².